The number of guanidine groups is 1. The maximum absolute atomic E-state index is 13.3. The van der Waals surface area contributed by atoms with Crippen molar-refractivity contribution in [3.05, 3.63) is 41.7 Å². The van der Waals surface area contributed by atoms with Crippen LogP contribution in [0.4, 0.5) is 4.39 Å². The van der Waals surface area contributed by atoms with Gasteiger partial charge in [-0.25, -0.2) is 9.38 Å². The Morgan fingerprint density at radius 2 is 2.23 bits per heavy atom. The first-order valence-electron chi connectivity index (χ1n) is 9.92. The number of nitrogens with zero attached hydrogens (tertiary/aromatic N) is 4. The van der Waals surface area contributed by atoms with E-state index in [1.54, 1.807) is 12.1 Å². The Morgan fingerprint density at radius 3 is 2.90 bits per heavy atom. The maximum Gasteiger partial charge on any atom is 0.191 e. The molecule has 2 aromatic rings. The van der Waals surface area contributed by atoms with Crippen LogP contribution in [0.25, 0.3) is 0 Å². The molecular weight excluding hydrogens is 502 g/mol. The number of nitrogens with one attached hydrogen (secondary N) is 2. The lowest BCUT2D eigenvalue weighted by Gasteiger charge is -2.19. The van der Waals surface area contributed by atoms with E-state index in [-0.39, 0.29) is 42.0 Å². The van der Waals surface area contributed by atoms with E-state index in [1.165, 1.54) is 12.1 Å². The summed E-state index contributed by atoms with van der Waals surface area (Å²) >= 11 is 0. The van der Waals surface area contributed by atoms with Crippen molar-refractivity contribution in [2.24, 2.45) is 12.0 Å². The molecule has 2 unspecified atom stereocenters. The predicted octanol–water partition coefficient (Wildman–Crippen LogP) is 2.56. The molecule has 0 aliphatic carbocycles. The Balaban J connectivity index is 0.00000320. The van der Waals surface area contributed by atoms with E-state index in [0.29, 0.717) is 31.3 Å². The van der Waals surface area contributed by atoms with E-state index < -0.39 is 0 Å². The Labute approximate surface area is 193 Å². The molecule has 0 amide bonds. The number of hydrogen-bond donors (Lipinski definition) is 2. The van der Waals surface area contributed by atoms with Gasteiger partial charge in [0.2, 0.25) is 0 Å². The smallest absolute Gasteiger partial charge is 0.191 e. The van der Waals surface area contributed by atoms with E-state index in [2.05, 4.69) is 25.8 Å². The number of benzene rings is 1. The van der Waals surface area contributed by atoms with Crippen molar-refractivity contribution in [3.63, 3.8) is 0 Å². The third-order valence-electron chi connectivity index (χ3n) is 4.77. The van der Waals surface area contributed by atoms with Crippen LogP contribution in [-0.4, -0.2) is 52.6 Å². The molecular formula is C20H30FIN6O2. The second-order valence-electron chi connectivity index (χ2n) is 7.17. The van der Waals surface area contributed by atoms with Gasteiger partial charge in [-0.2, -0.15) is 0 Å². The molecule has 1 saturated heterocycles. The van der Waals surface area contributed by atoms with Crippen molar-refractivity contribution in [2.45, 2.75) is 45.4 Å². The zero-order chi connectivity index (χ0) is 20.6. The summed E-state index contributed by atoms with van der Waals surface area (Å²) in [4.78, 5) is 4.62. The Morgan fingerprint density at radius 1 is 1.40 bits per heavy atom. The van der Waals surface area contributed by atoms with Crippen LogP contribution in [0.2, 0.25) is 0 Å². The van der Waals surface area contributed by atoms with E-state index in [0.717, 1.165) is 31.1 Å². The van der Waals surface area contributed by atoms with E-state index >= 15 is 0 Å². The first-order chi connectivity index (χ1) is 14.0. The molecule has 0 radical (unpaired) electrons. The predicted molar refractivity (Wildman–Crippen MR) is 124 cm³/mol. The van der Waals surface area contributed by atoms with Crippen LogP contribution in [-0.2, 0) is 18.3 Å². The van der Waals surface area contributed by atoms with Gasteiger partial charge in [0.05, 0.1) is 12.6 Å². The average molecular weight is 532 g/mol. The first kappa shape index (κ1) is 24.3. The third kappa shape index (κ3) is 7.38. The lowest BCUT2D eigenvalue weighted by Crippen LogP contribution is -2.44. The van der Waals surface area contributed by atoms with Crippen molar-refractivity contribution in [1.82, 2.24) is 25.4 Å². The second-order valence-corrected chi connectivity index (χ2v) is 7.17. The standard InChI is InChI=1S/C20H29FN6O2.HI/c1-14(29-17-7-4-6-16(21)10-17)11-22-20(23-12-18-8-5-9-28-18)24-13-19-26-25-15(2)27(19)3;/h4,6-7,10,14,18H,5,8-9,11-13H2,1-3H3,(H2,22,23,24);1H. The van der Waals surface area contributed by atoms with Crippen LogP contribution in [0.3, 0.4) is 0 Å². The van der Waals surface area contributed by atoms with Crippen LogP contribution < -0.4 is 15.4 Å². The van der Waals surface area contributed by atoms with Crippen molar-refractivity contribution < 1.29 is 13.9 Å². The first-order valence-corrected chi connectivity index (χ1v) is 9.92. The summed E-state index contributed by atoms with van der Waals surface area (Å²) in [5.74, 6) is 2.46. The van der Waals surface area contributed by atoms with Crippen LogP contribution in [0.5, 0.6) is 5.75 Å². The van der Waals surface area contributed by atoms with Gasteiger partial charge in [0.25, 0.3) is 0 Å². The fraction of sp³-hybridized carbons (Fsp3) is 0.550. The van der Waals surface area contributed by atoms with Gasteiger partial charge >= 0.3 is 0 Å². The highest BCUT2D eigenvalue weighted by molar-refractivity contribution is 14.0. The molecule has 3 rings (SSSR count). The number of aromatic nitrogens is 3. The molecule has 1 fully saturated rings. The van der Waals surface area contributed by atoms with E-state index in [9.17, 15) is 4.39 Å². The highest BCUT2D eigenvalue weighted by Gasteiger charge is 2.16. The zero-order valence-corrected chi connectivity index (χ0v) is 19.9. The van der Waals surface area contributed by atoms with Gasteiger partial charge in [-0.1, -0.05) is 6.07 Å². The number of aryl methyl sites for hydroxylation is 1. The molecule has 30 heavy (non-hydrogen) atoms. The Bertz CT molecular complexity index is 825. The fourth-order valence-electron chi connectivity index (χ4n) is 2.98. The summed E-state index contributed by atoms with van der Waals surface area (Å²) in [5.41, 5.74) is 0. The fourth-order valence-corrected chi connectivity index (χ4v) is 2.98. The zero-order valence-electron chi connectivity index (χ0n) is 17.6. The van der Waals surface area contributed by atoms with Gasteiger partial charge in [0, 0.05) is 26.3 Å². The minimum absolute atomic E-state index is 0. The molecule has 1 aliphatic heterocycles. The average Bonchev–Trinajstić information content (AvgIpc) is 3.32. The van der Waals surface area contributed by atoms with Gasteiger partial charge in [-0.15, -0.1) is 34.2 Å². The highest BCUT2D eigenvalue weighted by atomic mass is 127. The van der Waals surface area contributed by atoms with E-state index in [4.69, 9.17) is 9.47 Å². The maximum atomic E-state index is 13.3. The lowest BCUT2D eigenvalue weighted by molar-refractivity contribution is 0.113. The Kier molecular flexibility index (Phi) is 9.76. The number of rotatable bonds is 8. The molecule has 166 valence electrons. The van der Waals surface area contributed by atoms with Crippen molar-refractivity contribution >= 4 is 29.9 Å². The Hall–Kier alpha value is -1.95. The van der Waals surface area contributed by atoms with E-state index in [1.807, 2.05) is 25.5 Å². The van der Waals surface area contributed by atoms with Crippen LogP contribution in [0, 0.1) is 12.7 Å². The molecule has 1 aromatic carbocycles. The quantitative estimate of drug-likeness (QED) is 0.309. The van der Waals surface area contributed by atoms with Gasteiger partial charge in [0.15, 0.2) is 11.8 Å². The van der Waals surface area contributed by atoms with Gasteiger partial charge in [0.1, 0.15) is 30.0 Å². The molecule has 0 bridgehead atoms. The summed E-state index contributed by atoms with van der Waals surface area (Å²) in [7, 11) is 1.92. The van der Waals surface area contributed by atoms with Gasteiger partial charge < -0.3 is 24.7 Å². The van der Waals surface area contributed by atoms with Crippen LogP contribution in [0.15, 0.2) is 29.3 Å². The summed E-state index contributed by atoms with van der Waals surface area (Å²) < 4.78 is 26.7. The lowest BCUT2D eigenvalue weighted by atomic mass is 10.2. The SMILES string of the molecule is Cc1nnc(CN=C(NCC(C)Oc2cccc(F)c2)NCC2CCCO2)n1C.I. The molecule has 0 saturated carbocycles. The molecule has 2 atom stereocenters. The minimum Gasteiger partial charge on any atom is -0.489 e. The normalized spacial score (nSPS) is 17.3. The summed E-state index contributed by atoms with van der Waals surface area (Å²) in [6.07, 6.45) is 2.15. The molecule has 1 aromatic heterocycles. The molecule has 2 N–H and O–H groups in total. The molecule has 10 heteroatoms. The monoisotopic (exact) mass is 532 g/mol. The summed E-state index contributed by atoms with van der Waals surface area (Å²) in [6, 6.07) is 6.13. The van der Waals surface area contributed by atoms with Crippen molar-refractivity contribution in [2.75, 3.05) is 19.7 Å². The number of halogens is 2. The van der Waals surface area contributed by atoms with Crippen molar-refractivity contribution in [1.29, 1.82) is 0 Å². The van der Waals surface area contributed by atoms with Gasteiger partial charge in [-0.05, 0) is 38.8 Å². The minimum atomic E-state index is -0.317. The molecule has 1 aliphatic rings. The largest absolute Gasteiger partial charge is 0.489 e. The topological polar surface area (TPSA) is 85.6 Å². The van der Waals surface area contributed by atoms with Crippen LogP contribution >= 0.6 is 24.0 Å². The van der Waals surface area contributed by atoms with Crippen LogP contribution in [0.1, 0.15) is 31.4 Å². The number of hydrogen-bond acceptors (Lipinski definition) is 5. The second kappa shape index (κ2) is 12.0. The molecule has 2 heterocycles. The summed E-state index contributed by atoms with van der Waals surface area (Å²) in [6.45, 7) is 6.22. The third-order valence-corrected chi connectivity index (χ3v) is 4.77. The summed E-state index contributed by atoms with van der Waals surface area (Å²) in [5, 5.41) is 14.8. The highest BCUT2D eigenvalue weighted by Crippen LogP contribution is 2.13. The molecule has 0 spiro atoms. The number of ether oxygens (including phenoxy) is 2. The number of aliphatic imine (C=N–C) groups is 1. The van der Waals surface area contributed by atoms with Crippen molar-refractivity contribution in [3.8, 4) is 5.75 Å². The van der Waals surface area contributed by atoms with Gasteiger partial charge in [-0.3, -0.25) is 0 Å². The molecule has 8 nitrogen and oxygen atoms in total.